The van der Waals surface area contributed by atoms with Crippen LogP contribution < -0.4 is 15.8 Å². The molecule has 0 bridgehead atoms. The van der Waals surface area contributed by atoms with E-state index in [2.05, 4.69) is 5.32 Å². The van der Waals surface area contributed by atoms with Crippen molar-refractivity contribution >= 4 is 23.3 Å². The summed E-state index contributed by atoms with van der Waals surface area (Å²) in [7, 11) is 0. The highest BCUT2D eigenvalue weighted by Crippen LogP contribution is 2.24. The van der Waals surface area contributed by atoms with Crippen LogP contribution in [0.5, 0.6) is 5.75 Å². The Hall–Kier alpha value is -2.04. The quantitative estimate of drug-likeness (QED) is 0.434. The van der Waals surface area contributed by atoms with Crippen molar-refractivity contribution in [1.29, 1.82) is 0 Å². The molecule has 0 aliphatic heterocycles. The van der Waals surface area contributed by atoms with Gasteiger partial charge in [0.1, 0.15) is 5.75 Å². The maximum absolute atomic E-state index is 10.8. The third kappa shape index (κ3) is 3.30. The smallest absolute Gasteiger partial charge is 0.308 e. The van der Waals surface area contributed by atoms with E-state index in [0.29, 0.717) is 17.1 Å². The average molecular weight is 208 g/mol. The maximum atomic E-state index is 10.8. The Bertz CT molecular complexity index is 402. The number of esters is 1. The number of hydrogen-bond donors (Lipinski definition) is 2. The summed E-state index contributed by atoms with van der Waals surface area (Å²) in [6.45, 7) is 2.69. The number of carbonyl (C=O) groups is 2. The van der Waals surface area contributed by atoms with Gasteiger partial charge in [-0.3, -0.25) is 9.59 Å². The van der Waals surface area contributed by atoms with E-state index in [1.165, 1.54) is 19.9 Å². The Morgan fingerprint density at radius 2 is 2.00 bits per heavy atom. The zero-order chi connectivity index (χ0) is 11.4. The average Bonchev–Trinajstić information content (AvgIpc) is 2.08. The summed E-state index contributed by atoms with van der Waals surface area (Å²) in [4.78, 5) is 21.4. The van der Waals surface area contributed by atoms with Crippen LogP contribution in [0.15, 0.2) is 18.2 Å². The topological polar surface area (TPSA) is 81.4 Å². The summed E-state index contributed by atoms with van der Waals surface area (Å²) < 4.78 is 4.82. The Kier molecular flexibility index (Phi) is 3.28. The van der Waals surface area contributed by atoms with Crippen LogP contribution in [-0.2, 0) is 9.59 Å². The minimum Gasteiger partial charge on any atom is -0.427 e. The summed E-state index contributed by atoms with van der Waals surface area (Å²) in [6, 6.07) is 4.62. The molecule has 1 aromatic rings. The third-order valence-corrected chi connectivity index (χ3v) is 1.60. The van der Waals surface area contributed by atoms with Gasteiger partial charge in [-0.2, -0.15) is 0 Å². The summed E-state index contributed by atoms with van der Waals surface area (Å²) in [5, 5.41) is 2.55. The van der Waals surface area contributed by atoms with Crippen molar-refractivity contribution in [2.75, 3.05) is 11.1 Å². The zero-order valence-corrected chi connectivity index (χ0v) is 8.53. The van der Waals surface area contributed by atoms with Crippen molar-refractivity contribution in [3.05, 3.63) is 18.2 Å². The molecule has 1 amide bonds. The molecule has 1 rings (SSSR count). The van der Waals surface area contributed by atoms with Gasteiger partial charge in [-0.15, -0.1) is 0 Å². The number of amides is 1. The first-order valence-corrected chi connectivity index (χ1v) is 4.34. The molecule has 5 nitrogen and oxygen atoms in total. The van der Waals surface area contributed by atoms with E-state index in [1.54, 1.807) is 12.1 Å². The van der Waals surface area contributed by atoms with E-state index in [4.69, 9.17) is 10.5 Å². The van der Waals surface area contributed by atoms with Crippen molar-refractivity contribution in [3.63, 3.8) is 0 Å². The Labute approximate surface area is 87.2 Å². The highest BCUT2D eigenvalue weighted by Gasteiger charge is 2.04. The highest BCUT2D eigenvalue weighted by atomic mass is 16.5. The minimum absolute atomic E-state index is 0.207. The number of rotatable bonds is 2. The van der Waals surface area contributed by atoms with Gasteiger partial charge in [0, 0.05) is 19.9 Å². The van der Waals surface area contributed by atoms with Crippen LogP contribution in [0.25, 0.3) is 0 Å². The van der Waals surface area contributed by atoms with Gasteiger partial charge in [-0.05, 0) is 12.1 Å². The highest BCUT2D eigenvalue weighted by molar-refractivity contribution is 5.92. The van der Waals surface area contributed by atoms with Gasteiger partial charge in [0.15, 0.2) is 0 Å². The molecule has 1 aromatic carbocycles. The summed E-state index contributed by atoms with van der Waals surface area (Å²) >= 11 is 0. The molecule has 3 N–H and O–H groups in total. The van der Waals surface area contributed by atoms with Crippen molar-refractivity contribution < 1.29 is 14.3 Å². The largest absolute Gasteiger partial charge is 0.427 e. The van der Waals surface area contributed by atoms with Gasteiger partial charge in [-0.25, -0.2) is 0 Å². The van der Waals surface area contributed by atoms with Gasteiger partial charge in [0.2, 0.25) is 5.91 Å². The standard InChI is InChI=1S/C10H12N2O3/c1-6(13)12-10-4-3-8(5-9(10)11)15-7(2)14/h3-5H,11H2,1-2H3,(H,12,13). The summed E-state index contributed by atoms with van der Waals surface area (Å²) in [6.07, 6.45) is 0. The normalized spacial score (nSPS) is 9.47. The molecule has 0 atom stereocenters. The monoisotopic (exact) mass is 208 g/mol. The molecular weight excluding hydrogens is 196 g/mol. The molecule has 0 radical (unpaired) electrons. The molecule has 0 aliphatic carbocycles. The number of anilines is 2. The van der Waals surface area contributed by atoms with Crippen LogP contribution in [0.2, 0.25) is 0 Å². The molecule has 0 saturated carbocycles. The van der Waals surface area contributed by atoms with Gasteiger partial charge in [0.25, 0.3) is 0 Å². The lowest BCUT2D eigenvalue weighted by Gasteiger charge is -2.07. The molecule has 0 aromatic heterocycles. The second-order valence-electron chi connectivity index (χ2n) is 3.02. The van der Waals surface area contributed by atoms with Crippen LogP contribution in [0.4, 0.5) is 11.4 Å². The van der Waals surface area contributed by atoms with Crippen molar-refractivity contribution in [2.45, 2.75) is 13.8 Å². The molecule has 15 heavy (non-hydrogen) atoms. The maximum Gasteiger partial charge on any atom is 0.308 e. The first-order chi connectivity index (χ1) is 6.99. The summed E-state index contributed by atoms with van der Waals surface area (Å²) in [5.74, 6) is -0.266. The van der Waals surface area contributed by atoms with E-state index < -0.39 is 5.97 Å². The number of nitrogen functional groups attached to an aromatic ring is 1. The number of ether oxygens (including phenoxy) is 1. The first kappa shape index (κ1) is 11.0. The SMILES string of the molecule is CC(=O)Nc1ccc(OC(C)=O)cc1N. The van der Waals surface area contributed by atoms with Gasteiger partial charge in [0.05, 0.1) is 11.4 Å². The lowest BCUT2D eigenvalue weighted by molar-refractivity contribution is -0.131. The van der Waals surface area contributed by atoms with E-state index in [1.807, 2.05) is 0 Å². The van der Waals surface area contributed by atoms with Crippen LogP contribution in [0.1, 0.15) is 13.8 Å². The Balaban J connectivity index is 2.87. The van der Waals surface area contributed by atoms with E-state index >= 15 is 0 Å². The molecule has 0 aliphatic rings. The fourth-order valence-corrected chi connectivity index (χ4v) is 1.07. The molecular formula is C10H12N2O3. The number of carbonyl (C=O) groups excluding carboxylic acids is 2. The van der Waals surface area contributed by atoms with Crippen LogP contribution >= 0.6 is 0 Å². The molecule has 0 unspecified atom stereocenters. The van der Waals surface area contributed by atoms with E-state index in [9.17, 15) is 9.59 Å². The number of benzene rings is 1. The van der Waals surface area contributed by atoms with Crippen molar-refractivity contribution in [2.24, 2.45) is 0 Å². The van der Waals surface area contributed by atoms with Crippen LogP contribution in [0.3, 0.4) is 0 Å². The van der Waals surface area contributed by atoms with Gasteiger partial charge >= 0.3 is 5.97 Å². The number of nitrogens with two attached hydrogens (primary N) is 1. The lowest BCUT2D eigenvalue weighted by atomic mass is 10.2. The lowest BCUT2D eigenvalue weighted by Crippen LogP contribution is -2.08. The van der Waals surface area contributed by atoms with Gasteiger partial charge in [-0.1, -0.05) is 0 Å². The number of nitrogens with one attached hydrogen (secondary N) is 1. The van der Waals surface area contributed by atoms with Gasteiger partial charge < -0.3 is 15.8 Å². The Morgan fingerprint density at radius 3 is 2.47 bits per heavy atom. The Morgan fingerprint density at radius 1 is 1.33 bits per heavy atom. The van der Waals surface area contributed by atoms with Crippen LogP contribution in [-0.4, -0.2) is 11.9 Å². The fourth-order valence-electron chi connectivity index (χ4n) is 1.07. The third-order valence-electron chi connectivity index (χ3n) is 1.60. The van der Waals surface area contributed by atoms with Crippen molar-refractivity contribution in [3.8, 4) is 5.75 Å². The molecule has 5 heteroatoms. The van der Waals surface area contributed by atoms with E-state index in [0.717, 1.165) is 0 Å². The van der Waals surface area contributed by atoms with Crippen molar-refractivity contribution in [1.82, 2.24) is 0 Å². The predicted molar refractivity (Wildman–Crippen MR) is 56.5 cm³/mol. The zero-order valence-electron chi connectivity index (χ0n) is 8.53. The molecule has 0 fully saturated rings. The molecule has 80 valence electrons. The van der Waals surface area contributed by atoms with Crippen LogP contribution in [0, 0.1) is 0 Å². The summed E-state index contributed by atoms with van der Waals surface area (Å²) in [5.41, 5.74) is 6.49. The minimum atomic E-state index is -0.415. The second-order valence-corrected chi connectivity index (χ2v) is 3.02. The van der Waals surface area contributed by atoms with E-state index in [-0.39, 0.29) is 5.91 Å². The molecule has 0 spiro atoms. The predicted octanol–water partition coefficient (Wildman–Crippen LogP) is 1.15. The fraction of sp³-hybridized carbons (Fsp3) is 0.200. The number of hydrogen-bond acceptors (Lipinski definition) is 4. The second kappa shape index (κ2) is 4.45. The molecule has 0 heterocycles. The molecule has 0 saturated heterocycles. The first-order valence-electron chi connectivity index (χ1n) is 4.34.